The molecule has 0 aromatic heterocycles. The molecule has 0 aliphatic heterocycles. The molecule has 2 rings (SSSR count). The summed E-state index contributed by atoms with van der Waals surface area (Å²) in [5, 5.41) is 22.8. The third-order valence-corrected chi connectivity index (χ3v) is 5.17. The number of amides is 1. The molecule has 1 saturated carbocycles. The Kier molecular flexibility index (Phi) is 4.58. The Morgan fingerprint density at radius 1 is 1.40 bits per heavy atom. The number of rotatable bonds is 3. The van der Waals surface area contributed by atoms with Crippen LogP contribution in [-0.4, -0.2) is 27.0 Å². The van der Waals surface area contributed by atoms with E-state index in [9.17, 15) is 15.0 Å². The van der Waals surface area contributed by atoms with Crippen molar-refractivity contribution >= 4 is 21.8 Å². The molecule has 1 aliphatic rings. The molecule has 1 aliphatic carbocycles. The van der Waals surface area contributed by atoms with E-state index in [1.165, 1.54) is 18.2 Å². The number of halogens is 1. The molecule has 20 heavy (non-hydrogen) atoms. The fraction of sp³-hybridized carbons (Fsp3) is 0.533. The van der Waals surface area contributed by atoms with Gasteiger partial charge in [0, 0.05) is 11.4 Å². The monoisotopic (exact) mass is 341 g/mol. The summed E-state index contributed by atoms with van der Waals surface area (Å²) in [7, 11) is 0. The third-order valence-electron chi connectivity index (χ3n) is 4.09. The average Bonchev–Trinajstić information content (AvgIpc) is 2.41. The van der Waals surface area contributed by atoms with Crippen molar-refractivity contribution in [3.8, 4) is 11.5 Å². The van der Waals surface area contributed by atoms with E-state index >= 15 is 0 Å². The van der Waals surface area contributed by atoms with Crippen LogP contribution in [-0.2, 0) is 0 Å². The van der Waals surface area contributed by atoms with Crippen molar-refractivity contribution in [2.45, 2.75) is 38.1 Å². The van der Waals surface area contributed by atoms with Gasteiger partial charge in [0.1, 0.15) is 11.5 Å². The predicted octanol–water partition coefficient (Wildman–Crippen LogP) is 3.17. The highest BCUT2D eigenvalue weighted by molar-refractivity contribution is 9.09. The highest BCUT2D eigenvalue weighted by Gasteiger charge is 2.35. The standard InChI is InChI=1S/C15H20BrNO3/c1-10-4-6-15(9-16,7-5-10)17-14(20)12-3-2-11(18)8-13(12)19/h2-3,8,10,18-19H,4-7,9H2,1H3,(H,17,20). The van der Waals surface area contributed by atoms with Crippen molar-refractivity contribution in [2.75, 3.05) is 5.33 Å². The maximum absolute atomic E-state index is 12.3. The molecule has 0 radical (unpaired) electrons. The first-order chi connectivity index (χ1) is 9.46. The molecule has 0 saturated heterocycles. The molecular formula is C15H20BrNO3. The first-order valence-electron chi connectivity index (χ1n) is 6.86. The second-order valence-corrected chi connectivity index (χ2v) is 6.31. The zero-order valence-electron chi connectivity index (χ0n) is 11.5. The lowest BCUT2D eigenvalue weighted by atomic mass is 9.78. The lowest BCUT2D eigenvalue weighted by Crippen LogP contribution is -2.52. The zero-order valence-corrected chi connectivity index (χ0v) is 13.1. The fourth-order valence-electron chi connectivity index (χ4n) is 2.63. The van der Waals surface area contributed by atoms with Gasteiger partial charge in [-0.1, -0.05) is 22.9 Å². The van der Waals surface area contributed by atoms with E-state index < -0.39 is 0 Å². The van der Waals surface area contributed by atoms with E-state index in [0.29, 0.717) is 11.2 Å². The Bertz CT molecular complexity index is 496. The molecule has 0 spiro atoms. The molecule has 0 bridgehead atoms. The van der Waals surface area contributed by atoms with E-state index in [0.717, 1.165) is 25.7 Å². The second kappa shape index (κ2) is 6.04. The summed E-state index contributed by atoms with van der Waals surface area (Å²) in [4.78, 5) is 12.3. The first kappa shape index (κ1) is 15.2. The summed E-state index contributed by atoms with van der Waals surface area (Å²) in [6, 6.07) is 4.02. The molecule has 1 amide bonds. The van der Waals surface area contributed by atoms with Crippen molar-refractivity contribution in [3.63, 3.8) is 0 Å². The van der Waals surface area contributed by atoms with Crippen molar-refractivity contribution in [1.82, 2.24) is 5.32 Å². The van der Waals surface area contributed by atoms with Gasteiger partial charge in [-0.15, -0.1) is 0 Å². The molecule has 4 nitrogen and oxygen atoms in total. The number of hydrogen-bond acceptors (Lipinski definition) is 3. The summed E-state index contributed by atoms with van der Waals surface area (Å²) >= 11 is 3.50. The summed E-state index contributed by atoms with van der Waals surface area (Å²) in [5.41, 5.74) is -0.0461. The molecule has 0 heterocycles. The van der Waals surface area contributed by atoms with Gasteiger partial charge < -0.3 is 15.5 Å². The normalized spacial score (nSPS) is 26.2. The maximum Gasteiger partial charge on any atom is 0.255 e. The smallest absolute Gasteiger partial charge is 0.255 e. The summed E-state index contributed by atoms with van der Waals surface area (Å²) in [5.74, 6) is 0.148. The third kappa shape index (κ3) is 3.26. The van der Waals surface area contributed by atoms with E-state index in [-0.39, 0.29) is 28.5 Å². The SMILES string of the molecule is CC1CCC(CBr)(NC(=O)c2ccc(O)cc2O)CC1. The molecule has 5 heteroatoms. The largest absolute Gasteiger partial charge is 0.508 e. The molecule has 3 N–H and O–H groups in total. The second-order valence-electron chi connectivity index (χ2n) is 5.75. The number of carbonyl (C=O) groups is 1. The number of hydrogen-bond donors (Lipinski definition) is 3. The van der Waals surface area contributed by atoms with E-state index in [2.05, 4.69) is 28.2 Å². The minimum atomic E-state index is -0.295. The van der Waals surface area contributed by atoms with Gasteiger partial charge in [0.25, 0.3) is 5.91 Å². The summed E-state index contributed by atoms with van der Waals surface area (Å²) < 4.78 is 0. The molecule has 0 atom stereocenters. The van der Waals surface area contributed by atoms with Crippen LogP contribution >= 0.6 is 15.9 Å². The number of carbonyl (C=O) groups excluding carboxylic acids is 1. The van der Waals surface area contributed by atoms with Crippen LogP contribution in [0.1, 0.15) is 43.0 Å². The van der Waals surface area contributed by atoms with Gasteiger partial charge in [-0.05, 0) is 43.7 Å². The fourth-order valence-corrected chi connectivity index (χ4v) is 3.33. The number of phenolic OH excluding ortho intramolecular Hbond substituents is 2. The summed E-state index contributed by atoms with van der Waals surface area (Å²) in [6.45, 7) is 2.23. The van der Waals surface area contributed by atoms with Crippen molar-refractivity contribution in [1.29, 1.82) is 0 Å². The Labute approximate surface area is 127 Å². The van der Waals surface area contributed by atoms with Gasteiger partial charge in [0.15, 0.2) is 0 Å². The minimum absolute atomic E-state index is 0.0549. The highest BCUT2D eigenvalue weighted by atomic mass is 79.9. The highest BCUT2D eigenvalue weighted by Crippen LogP contribution is 2.34. The van der Waals surface area contributed by atoms with Crippen LogP contribution in [0.25, 0.3) is 0 Å². The van der Waals surface area contributed by atoms with Crippen LogP contribution in [0.15, 0.2) is 18.2 Å². The quantitative estimate of drug-likeness (QED) is 0.739. The van der Waals surface area contributed by atoms with Crippen molar-refractivity contribution in [3.05, 3.63) is 23.8 Å². The van der Waals surface area contributed by atoms with Gasteiger partial charge in [0.05, 0.1) is 11.1 Å². The van der Waals surface area contributed by atoms with Crippen LogP contribution in [0.2, 0.25) is 0 Å². The molecule has 0 unspecified atom stereocenters. The molecular weight excluding hydrogens is 322 g/mol. The van der Waals surface area contributed by atoms with Gasteiger partial charge in [0.2, 0.25) is 0 Å². The van der Waals surface area contributed by atoms with Crippen molar-refractivity contribution < 1.29 is 15.0 Å². The van der Waals surface area contributed by atoms with E-state index in [4.69, 9.17) is 0 Å². The molecule has 110 valence electrons. The zero-order chi connectivity index (χ0) is 14.8. The Morgan fingerprint density at radius 2 is 2.05 bits per heavy atom. The van der Waals surface area contributed by atoms with Gasteiger partial charge in [-0.25, -0.2) is 0 Å². The van der Waals surface area contributed by atoms with Crippen LogP contribution in [0.5, 0.6) is 11.5 Å². The number of aromatic hydroxyl groups is 2. The van der Waals surface area contributed by atoms with Crippen LogP contribution in [0.3, 0.4) is 0 Å². The average molecular weight is 342 g/mol. The van der Waals surface area contributed by atoms with E-state index in [1.54, 1.807) is 0 Å². The van der Waals surface area contributed by atoms with Gasteiger partial charge in [-0.3, -0.25) is 4.79 Å². The number of nitrogens with one attached hydrogen (secondary N) is 1. The van der Waals surface area contributed by atoms with Crippen LogP contribution in [0.4, 0.5) is 0 Å². The molecule has 1 aromatic carbocycles. The van der Waals surface area contributed by atoms with Crippen molar-refractivity contribution in [2.24, 2.45) is 5.92 Å². The van der Waals surface area contributed by atoms with Gasteiger partial charge in [-0.2, -0.15) is 0 Å². The minimum Gasteiger partial charge on any atom is -0.508 e. The maximum atomic E-state index is 12.3. The van der Waals surface area contributed by atoms with Crippen LogP contribution < -0.4 is 5.32 Å². The number of benzene rings is 1. The lowest BCUT2D eigenvalue weighted by Gasteiger charge is -2.39. The predicted molar refractivity (Wildman–Crippen MR) is 81.4 cm³/mol. The Hall–Kier alpha value is -1.23. The Morgan fingerprint density at radius 3 is 2.60 bits per heavy atom. The summed E-state index contributed by atoms with van der Waals surface area (Å²) in [6.07, 6.45) is 4.05. The number of alkyl halides is 1. The Balaban J connectivity index is 2.13. The molecule has 1 aromatic rings. The van der Waals surface area contributed by atoms with E-state index in [1.807, 2.05) is 0 Å². The van der Waals surface area contributed by atoms with Gasteiger partial charge >= 0.3 is 0 Å². The molecule has 1 fully saturated rings. The number of phenols is 2. The first-order valence-corrected chi connectivity index (χ1v) is 7.98. The lowest BCUT2D eigenvalue weighted by molar-refractivity contribution is 0.0871. The topological polar surface area (TPSA) is 69.6 Å². The van der Waals surface area contributed by atoms with Crippen LogP contribution in [0, 0.1) is 5.92 Å².